The molecule has 0 spiro atoms. The molecule has 1 aromatic rings. The molecule has 1 heterocycles. The normalized spacial score (nSPS) is 11.2. The SMILES string of the molecule is CCOC(=O)/C=C/c1ccc(CN(C)C)s1. The number of carbonyl (C=O) groups is 1. The predicted molar refractivity (Wildman–Crippen MR) is 67.4 cm³/mol. The second-order valence-corrected chi connectivity index (χ2v) is 4.83. The first kappa shape index (κ1) is 12.9. The van der Waals surface area contributed by atoms with Crippen molar-refractivity contribution < 1.29 is 9.53 Å². The van der Waals surface area contributed by atoms with Gasteiger partial charge < -0.3 is 9.64 Å². The summed E-state index contributed by atoms with van der Waals surface area (Å²) in [4.78, 5) is 15.6. The Morgan fingerprint density at radius 3 is 2.88 bits per heavy atom. The Hall–Kier alpha value is -1.13. The second-order valence-electron chi connectivity index (χ2n) is 3.63. The summed E-state index contributed by atoms with van der Waals surface area (Å²) >= 11 is 1.69. The highest BCUT2D eigenvalue weighted by molar-refractivity contribution is 7.12. The van der Waals surface area contributed by atoms with Gasteiger partial charge in [0.1, 0.15) is 0 Å². The van der Waals surface area contributed by atoms with Crippen LogP contribution in [0.1, 0.15) is 16.7 Å². The van der Waals surface area contributed by atoms with Gasteiger partial charge in [0.25, 0.3) is 0 Å². The zero-order valence-electron chi connectivity index (χ0n) is 9.90. The highest BCUT2D eigenvalue weighted by Crippen LogP contribution is 2.18. The molecule has 0 bridgehead atoms. The summed E-state index contributed by atoms with van der Waals surface area (Å²) in [5.74, 6) is -0.287. The smallest absolute Gasteiger partial charge is 0.330 e. The molecule has 0 saturated carbocycles. The van der Waals surface area contributed by atoms with Crippen molar-refractivity contribution >= 4 is 23.4 Å². The molecule has 0 aromatic carbocycles. The summed E-state index contributed by atoms with van der Waals surface area (Å²) in [6.07, 6.45) is 3.26. The van der Waals surface area contributed by atoms with Gasteiger partial charge in [-0.3, -0.25) is 0 Å². The van der Waals surface area contributed by atoms with Crippen LogP contribution in [0.4, 0.5) is 0 Å². The Kier molecular flexibility index (Phi) is 5.22. The molecule has 0 fully saturated rings. The summed E-state index contributed by atoms with van der Waals surface area (Å²) in [7, 11) is 4.07. The van der Waals surface area contributed by atoms with Crippen LogP contribution in [0, 0.1) is 0 Å². The van der Waals surface area contributed by atoms with Crippen LogP contribution in [-0.4, -0.2) is 31.6 Å². The standard InChI is InChI=1S/C12H17NO2S/c1-4-15-12(14)8-7-10-5-6-11(16-10)9-13(2)3/h5-8H,4,9H2,1-3H3/b8-7+. The van der Waals surface area contributed by atoms with E-state index in [0.717, 1.165) is 11.4 Å². The van der Waals surface area contributed by atoms with Crippen molar-refractivity contribution in [1.29, 1.82) is 0 Å². The van der Waals surface area contributed by atoms with E-state index in [4.69, 9.17) is 4.74 Å². The van der Waals surface area contributed by atoms with Crippen LogP contribution >= 0.6 is 11.3 Å². The van der Waals surface area contributed by atoms with Gasteiger partial charge in [0.05, 0.1) is 6.61 Å². The van der Waals surface area contributed by atoms with Crippen molar-refractivity contribution in [1.82, 2.24) is 4.90 Å². The largest absolute Gasteiger partial charge is 0.463 e. The maximum atomic E-state index is 11.1. The zero-order chi connectivity index (χ0) is 12.0. The second kappa shape index (κ2) is 6.45. The molecule has 0 atom stereocenters. The lowest BCUT2D eigenvalue weighted by Gasteiger charge is -2.05. The molecule has 88 valence electrons. The fourth-order valence-corrected chi connectivity index (χ4v) is 2.26. The van der Waals surface area contributed by atoms with E-state index in [1.54, 1.807) is 24.3 Å². The number of carbonyl (C=O) groups excluding carboxylic acids is 1. The number of rotatable bonds is 5. The quantitative estimate of drug-likeness (QED) is 0.583. The van der Waals surface area contributed by atoms with Crippen molar-refractivity contribution in [3.8, 4) is 0 Å². The minimum Gasteiger partial charge on any atom is -0.463 e. The Morgan fingerprint density at radius 1 is 1.50 bits per heavy atom. The third kappa shape index (κ3) is 4.59. The maximum absolute atomic E-state index is 11.1. The third-order valence-electron chi connectivity index (χ3n) is 1.82. The lowest BCUT2D eigenvalue weighted by atomic mass is 10.4. The van der Waals surface area contributed by atoms with E-state index in [9.17, 15) is 4.79 Å². The molecule has 16 heavy (non-hydrogen) atoms. The first-order chi connectivity index (χ1) is 7.61. The predicted octanol–water partition coefficient (Wildman–Crippen LogP) is 2.39. The van der Waals surface area contributed by atoms with Gasteiger partial charge in [-0.15, -0.1) is 11.3 Å². The third-order valence-corrected chi connectivity index (χ3v) is 2.86. The van der Waals surface area contributed by atoms with Crippen LogP contribution in [0.3, 0.4) is 0 Å². The van der Waals surface area contributed by atoms with Crippen LogP contribution in [0.2, 0.25) is 0 Å². The monoisotopic (exact) mass is 239 g/mol. The number of nitrogens with zero attached hydrogens (tertiary/aromatic N) is 1. The summed E-state index contributed by atoms with van der Waals surface area (Å²) < 4.78 is 4.81. The molecule has 0 saturated heterocycles. The molecule has 1 rings (SSSR count). The Bertz CT molecular complexity index is 369. The highest BCUT2D eigenvalue weighted by Gasteiger charge is 2.00. The number of thiophene rings is 1. The van der Waals surface area contributed by atoms with E-state index in [0.29, 0.717) is 6.61 Å². The molecule has 0 unspecified atom stereocenters. The molecule has 0 radical (unpaired) electrons. The van der Waals surface area contributed by atoms with Crippen molar-refractivity contribution in [2.45, 2.75) is 13.5 Å². The zero-order valence-corrected chi connectivity index (χ0v) is 10.7. The van der Waals surface area contributed by atoms with Gasteiger partial charge in [-0.05, 0) is 39.2 Å². The Morgan fingerprint density at radius 2 is 2.25 bits per heavy atom. The summed E-state index contributed by atoms with van der Waals surface area (Å²) in [5, 5.41) is 0. The Labute approximate surface area is 100 Å². The molecule has 0 aliphatic heterocycles. The molecule has 0 N–H and O–H groups in total. The van der Waals surface area contributed by atoms with Crippen molar-refractivity contribution in [2.24, 2.45) is 0 Å². The topological polar surface area (TPSA) is 29.5 Å². The van der Waals surface area contributed by atoms with Gasteiger partial charge >= 0.3 is 5.97 Å². The molecule has 4 heteroatoms. The van der Waals surface area contributed by atoms with Gasteiger partial charge in [0.15, 0.2) is 0 Å². The lowest BCUT2D eigenvalue weighted by Crippen LogP contribution is -2.09. The molecule has 0 aliphatic carbocycles. The number of esters is 1. The highest BCUT2D eigenvalue weighted by atomic mass is 32.1. The molecule has 1 aromatic heterocycles. The van der Waals surface area contributed by atoms with Crippen LogP contribution in [0.5, 0.6) is 0 Å². The summed E-state index contributed by atoms with van der Waals surface area (Å²) in [6, 6.07) is 4.09. The minimum absolute atomic E-state index is 0.287. The van der Waals surface area contributed by atoms with Crippen LogP contribution in [0.15, 0.2) is 18.2 Å². The van der Waals surface area contributed by atoms with Gasteiger partial charge in [-0.1, -0.05) is 0 Å². The first-order valence-electron chi connectivity index (χ1n) is 5.20. The van der Waals surface area contributed by atoms with Crippen molar-refractivity contribution in [2.75, 3.05) is 20.7 Å². The van der Waals surface area contributed by atoms with Crippen LogP contribution < -0.4 is 0 Å². The molecular weight excluding hydrogens is 222 g/mol. The van der Waals surface area contributed by atoms with E-state index in [1.165, 1.54) is 11.0 Å². The number of hydrogen-bond acceptors (Lipinski definition) is 4. The molecule has 3 nitrogen and oxygen atoms in total. The number of ether oxygens (including phenoxy) is 1. The van der Waals surface area contributed by atoms with E-state index in [2.05, 4.69) is 11.0 Å². The maximum Gasteiger partial charge on any atom is 0.330 e. The van der Waals surface area contributed by atoms with Gasteiger partial charge in [-0.2, -0.15) is 0 Å². The molecule has 0 amide bonds. The van der Waals surface area contributed by atoms with Crippen molar-refractivity contribution in [3.05, 3.63) is 28.0 Å². The Balaban J connectivity index is 2.54. The van der Waals surface area contributed by atoms with Gasteiger partial charge in [0.2, 0.25) is 0 Å². The fraction of sp³-hybridized carbons (Fsp3) is 0.417. The average molecular weight is 239 g/mol. The summed E-state index contributed by atoms with van der Waals surface area (Å²) in [6.45, 7) is 3.14. The fourth-order valence-electron chi connectivity index (χ4n) is 1.22. The average Bonchev–Trinajstić information content (AvgIpc) is 2.62. The van der Waals surface area contributed by atoms with Gasteiger partial charge in [-0.25, -0.2) is 4.79 Å². The van der Waals surface area contributed by atoms with Gasteiger partial charge in [0, 0.05) is 22.4 Å². The summed E-state index contributed by atoms with van der Waals surface area (Å²) in [5.41, 5.74) is 0. The van der Waals surface area contributed by atoms with Crippen LogP contribution in [-0.2, 0) is 16.1 Å². The van der Waals surface area contributed by atoms with Crippen molar-refractivity contribution in [3.63, 3.8) is 0 Å². The molecule has 0 aliphatic rings. The minimum atomic E-state index is -0.287. The first-order valence-corrected chi connectivity index (χ1v) is 6.01. The van der Waals surface area contributed by atoms with E-state index >= 15 is 0 Å². The lowest BCUT2D eigenvalue weighted by molar-refractivity contribution is -0.137. The van der Waals surface area contributed by atoms with Crippen LogP contribution in [0.25, 0.3) is 6.08 Å². The van der Waals surface area contributed by atoms with E-state index in [-0.39, 0.29) is 5.97 Å². The van der Waals surface area contributed by atoms with E-state index < -0.39 is 0 Å². The van der Waals surface area contributed by atoms with E-state index in [1.807, 2.05) is 20.2 Å². The number of hydrogen-bond donors (Lipinski definition) is 0. The molecular formula is C12H17NO2S.